The first kappa shape index (κ1) is 33.9. The zero-order valence-corrected chi connectivity index (χ0v) is 28.6. The number of aliphatic hydroxyl groups is 5. The average molecular weight is 633 g/mol. The quantitative estimate of drug-likeness (QED) is 0.245. The van der Waals surface area contributed by atoms with Crippen LogP contribution in [0.25, 0.3) is 0 Å². The number of ether oxygens (including phenoxy) is 1. The summed E-state index contributed by atoms with van der Waals surface area (Å²) in [7, 11) is 0. The van der Waals surface area contributed by atoms with Gasteiger partial charge in [0.1, 0.15) is 30.5 Å². The van der Waals surface area contributed by atoms with Crippen molar-refractivity contribution in [2.45, 2.75) is 149 Å². The molecule has 0 radical (unpaired) electrons. The number of aliphatic carboxylic acids is 1. The third kappa shape index (κ3) is 4.55. The van der Waals surface area contributed by atoms with E-state index in [2.05, 4.69) is 54.5 Å². The Kier molecular flexibility index (Phi) is 8.08. The van der Waals surface area contributed by atoms with Crippen LogP contribution in [-0.2, 0) is 9.53 Å². The van der Waals surface area contributed by atoms with Gasteiger partial charge in [-0.15, -0.1) is 0 Å². The first-order chi connectivity index (χ1) is 20.8. The number of allylic oxidation sites excluding steroid dienone is 2. The van der Waals surface area contributed by atoms with Crippen molar-refractivity contribution in [2.24, 2.45) is 56.2 Å². The van der Waals surface area contributed by atoms with Gasteiger partial charge in [-0.3, -0.25) is 4.79 Å². The van der Waals surface area contributed by atoms with Crippen molar-refractivity contribution < 1.29 is 40.2 Å². The molecule has 0 aromatic heterocycles. The summed E-state index contributed by atoms with van der Waals surface area (Å²) in [6, 6.07) is 0. The van der Waals surface area contributed by atoms with Crippen LogP contribution in [0.1, 0.15) is 113 Å². The van der Waals surface area contributed by atoms with E-state index in [0.717, 1.165) is 64.2 Å². The highest BCUT2D eigenvalue weighted by Gasteiger charge is 2.70. The maximum Gasteiger partial charge on any atom is 0.310 e. The monoisotopic (exact) mass is 632 g/mol. The molecule has 1 heterocycles. The second-order valence-electron chi connectivity index (χ2n) is 18.4. The van der Waals surface area contributed by atoms with E-state index in [1.165, 1.54) is 5.57 Å². The minimum atomic E-state index is -1.50. The Morgan fingerprint density at radius 3 is 2.20 bits per heavy atom. The van der Waals surface area contributed by atoms with Gasteiger partial charge in [-0.1, -0.05) is 60.1 Å². The van der Waals surface area contributed by atoms with E-state index in [4.69, 9.17) is 4.74 Å². The topological polar surface area (TPSA) is 148 Å². The lowest BCUT2D eigenvalue weighted by atomic mass is 9.33. The molecule has 4 saturated carbocycles. The van der Waals surface area contributed by atoms with Crippen molar-refractivity contribution in [3.63, 3.8) is 0 Å². The summed E-state index contributed by atoms with van der Waals surface area (Å²) in [6.07, 6.45) is 3.91. The van der Waals surface area contributed by atoms with Crippen LogP contribution >= 0.6 is 0 Å². The van der Waals surface area contributed by atoms with Crippen LogP contribution in [0.4, 0.5) is 0 Å². The van der Waals surface area contributed by atoms with Crippen LogP contribution in [0.2, 0.25) is 0 Å². The van der Waals surface area contributed by atoms with Gasteiger partial charge in [0.05, 0.1) is 18.1 Å². The molecule has 0 aromatic rings. The van der Waals surface area contributed by atoms with Crippen LogP contribution < -0.4 is 0 Å². The highest BCUT2D eigenvalue weighted by molar-refractivity contribution is 5.76. The van der Waals surface area contributed by atoms with E-state index in [-0.39, 0.29) is 38.9 Å². The van der Waals surface area contributed by atoms with E-state index in [1.54, 1.807) is 0 Å². The van der Waals surface area contributed by atoms with Crippen molar-refractivity contribution in [3.05, 3.63) is 11.6 Å². The van der Waals surface area contributed by atoms with Gasteiger partial charge in [-0.05, 0) is 115 Å². The number of aliphatic hydroxyl groups excluding tert-OH is 5. The molecular formula is C37H60O8. The summed E-state index contributed by atoms with van der Waals surface area (Å²) in [5, 5.41) is 63.8. The lowest BCUT2D eigenvalue weighted by molar-refractivity contribution is -0.267. The number of fused-ring (bicyclic) bond motifs is 7. The molecule has 6 aliphatic rings. The molecule has 0 aromatic carbocycles. The summed E-state index contributed by atoms with van der Waals surface area (Å²) in [4.78, 5) is 13.0. The largest absolute Gasteiger partial charge is 0.481 e. The summed E-state index contributed by atoms with van der Waals surface area (Å²) in [5.74, 6) is 0.0295. The minimum absolute atomic E-state index is 0.0142. The fourth-order valence-corrected chi connectivity index (χ4v) is 12.9. The van der Waals surface area contributed by atoms with Crippen LogP contribution in [0.15, 0.2) is 11.6 Å². The van der Waals surface area contributed by atoms with Crippen molar-refractivity contribution in [2.75, 3.05) is 6.61 Å². The average Bonchev–Trinajstić information content (AvgIpc) is 2.95. The van der Waals surface area contributed by atoms with Gasteiger partial charge in [-0.25, -0.2) is 0 Å². The van der Waals surface area contributed by atoms with E-state index in [0.29, 0.717) is 11.8 Å². The normalized spacial score (nSPS) is 52.7. The molecule has 5 fully saturated rings. The molecule has 6 unspecified atom stereocenters. The minimum Gasteiger partial charge on any atom is -0.481 e. The molecule has 6 rings (SSSR count). The molecule has 1 saturated heterocycles. The van der Waals surface area contributed by atoms with Crippen molar-refractivity contribution in [3.8, 4) is 0 Å². The van der Waals surface area contributed by atoms with Crippen molar-refractivity contribution in [1.82, 2.24) is 0 Å². The smallest absolute Gasteiger partial charge is 0.310 e. The first-order valence-corrected chi connectivity index (χ1v) is 17.7. The first-order valence-electron chi connectivity index (χ1n) is 17.7. The van der Waals surface area contributed by atoms with Gasteiger partial charge >= 0.3 is 5.97 Å². The van der Waals surface area contributed by atoms with Crippen LogP contribution in [-0.4, -0.2) is 79.8 Å². The van der Waals surface area contributed by atoms with Gasteiger partial charge in [-0.2, -0.15) is 0 Å². The molecule has 8 nitrogen and oxygen atoms in total. The summed E-state index contributed by atoms with van der Waals surface area (Å²) in [6.45, 7) is 16.0. The number of carboxylic acids is 1. The van der Waals surface area contributed by atoms with Gasteiger partial charge in [0, 0.05) is 0 Å². The van der Waals surface area contributed by atoms with E-state index in [9.17, 15) is 35.4 Å². The predicted molar refractivity (Wildman–Crippen MR) is 170 cm³/mol. The van der Waals surface area contributed by atoms with Gasteiger partial charge in [0.25, 0.3) is 0 Å². The Morgan fingerprint density at radius 1 is 0.889 bits per heavy atom. The number of carboxylic acid groups (broad SMARTS) is 1. The molecule has 256 valence electrons. The molecule has 45 heavy (non-hydrogen) atoms. The van der Waals surface area contributed by atoms with E-state index in [1.807, 2.05) is 0 Å². The summed E-state index contributed by atoms with van der Waals surface area (Å²) in [5.41, 5.74) is 0.609. The predicted octanol–water partition coefficient (Wildman–Crippen LogP) is 4.69. The highest BCUT2D eigenvalue weighted by Crippen LogP contribution is 2.76. The van der Waals surface area contributed by atoms with Crippen molar-refractivity contribution in [1.29, 1.82) is 0 Å². The molecule has 0 bridgehead atoms. The standard InChI is InChI=1S/C37H60O8/c1-32(2)14-16-37(31(43)44)17-15-35(6)20(22(37)18-32)8-9-25-34(5)12-10-21(33(3,4)24(34)11-13-36(25,35)7)26(39)30-29(42)28(41)27(40)23(19-38)45-30/h8,21-30,38-42H,9-19H2,1-7H3,(H,43,44)/t21-,22?,23?,24?,25?,26?,27+,28-,29?,30+,34-,35+,36+,37-/m0/s1. The number of hydrogen-bond donors (Lipinski definition) is 6. The van der Waals surface area contributed by atoms with Crippen LogP contribution in [0.3, 0.4) is 0 Å². The molecule has 1 aliphatic heterocycles. The maximum atomic E-state index is 13.0. The summed E-state index contributed by atoms with van der Waals surface area (Å²) >= 11 is 0. The fraction of sp³-hybridized carbons (Fsp3) is 0.919. The Labute approximate surface area is 269 Å². The number of rotatable bonds is 4. The Hall–Kier alpha value is -1.03. The zero-order valence-electron chi connectivity index (χ0n) is 28.6. The third-order valence-corrected chi connectivity index (χ3v) is 15.9. The Bertz CT molecular complexity index is 1210. The second-order valence-corrected chi connectivity index (χ2v) is 18.4. The molecule has 8 heteroatoms. The Balaban J connectivity index is 1.31. The molecular weight excluding hydrogens is 572 g/mol. The molecule has 0 amide bonds. The second kappa shape index (κ2) is 10.7. The van der Waals surface area contributed by atoms with Gasteiger partial charge in [0.15, 0.2) is 0 Å². The fourth-order valence-electron chi connectivity index (χ4n) is 12.9. The Morgan fingerprint density at radius 2 is 1.56 bits per heavy atom. The summed E-state index contributed by atoms with van der Waals surface area (Å²) < 4.78 is 5.85. The van der Waals surface area contributed by atoms with Gasteiger partial charge < -0.3 is 35.4 Å². The van der Waals surface area contributed by atoms with E-state index >= 15 is 0 Å². The molecule has 14 atom stereocenters. The zero-order chi connectivity index (χ0) is 33.1. The molecule has 0 spiro atoms. The van der Waals surface area contributed by atoms with E-state index < -0.39 is 54.6 Å². The van der Waals surface area contributed by atoms with Crippen molar-refractivity contribution >= 4 is 5.97 Å². The SMILES string of the molecule is CC1(C)CC[C@]2(C(=O)O)CC[C@]3(C)C(=CCC4[C@@]5(C)CC[C@@H](C(O)[C@H]6OC(CO)[C@@H](O)[C@H](O)C6O)C(C)(C)C5CC[C@]43C)C2C1. The lowest BCUT2D eigenvalue weighted by Gasteiger charge is -2.71. The molecule has 6 N–H and O–H groups in total. The number of carbonyl (C=O) groups is 1. The van der Waals surface area contributed by atoms with Crippen LogP contribution in [0.5, 0.6) is 0 Å². The maximum absolute atomic E-state index is 13.0. The highest BCUT2D eigenvalue weighted by atomic mass is 16.6. The molecule has 5 aliphatic carbocycles. The van der Waals surface area contributed by atoms with Crippen LogP contribution in [0, 0.1) is 56.2 Å². The third-order valence-electron chi connectivity index (χ3n) is 15.9. The van der Waals surface area contributed by atoms with Gasteiger partial charge in [0.2, 0.25) is 0 Å². The number of hydrogen-bond acceptors (Lipinski definition) is 7. The lowest BCUT2D eigenvalue weighted by Crippen LogP contribution is -2.67.